The summed E-state index contributed by atoms with van der Waals surface area (Å²) in [6.07, 6.45) is 1.68. The van der Waals surface area contributed by atoms with Crippen LogP contribution in [0.1, 0.15) is 38.8 Å². The van der Waals surface area contributed by atoms with Crippen molar-refractivity contribution in [2.24, 2.45) is 0 Å². The van der Waals surface area contributed by atoms with E-state index >= 15 is 0 Å². The van der Waals surface area contributed by atoms with Crippen LogP contribution in [0.15, 0.2) is 24.8 Å². The summed E-state index contributed by atoms with van der Waals surface area (Å²) in [6.45, 7) is 12.7. The predicted molar refractivity (Wildman–Crippen MR) is 106 cm³/mol. The molecule has 1 fully saturated rings. The number of amides is 2. The molecule has 0 saturated carbocycles. The third-order valence-electron chi connectivity index (χ3n) is 4.50. The largest absolute Gasteiger partial charge is 0.496 e. The number of hydrogen-bond donors (Lipinski definition) is 0. The van der Waals surface area contributed by atoms with E-state index < -0.39 is 5.60 Å². The predicted octanol–water partition coefficient (Wildman–Crippen LogP) is 3.35. The van der Waals surface area contributed by atoms with Crippen LogP contribution in [-0.2, 0) is 16.0 Å². The standard InChI is InChI=1S/C21H30N2O4/c1-7-16-8-9-17(18(12-16)26-6)13-19(24)22-10-11-23(15(2)14-22)20(25)27-21(3,4)5/h7-9,12,15H,1,10-11,13-14H2,2-6H3/t15-/m1/s1. The first-order valence-corrected chi connectivity index (χ1v) is 9.21. The average Bonchev–Trinajstić information content (AvgIpc) is 2.60. The van der Waals surface area contributed by atoms with E-state index in [1.807, 2.05) is 45.9 Å². The van der Waals surface area contributed by atoms with E-state index in [0.29, 0.717) is 25.4 Å². The van der Waals surface area contributed by atoms with E-state index in [9.17, 15) is 9.59 Å². The maximum Gasteiger partial charge on any atom is 0.410 e. The molecule has 1 aliphatic heterocycles. The molecule has 1 saturated heterocycles. The highest BCUT2D eigenvalue weighted by Gasteiger charge is 2.32. The molecule has 6 heteroatoms. The summed E-state index contributed by atoms with van der Waals surface area (Å²) in [6, 6.07) is 5.59. The minimum absolute atomic E-state index is 0.0235. The van der Waals surface area contributed by atoms with Crippen molar-refractivity contribution in [3.63, 3.8) is 0 Å². The molecule has 0 spiro atoms. The van der Waals surface area contributed by atoms with Gasteiger partial charge in [-0.15, -0.1) is 0 Å². The lowest BCUT2D eigenvalue weighted by molar-refractivity contribution is -0.133. The minimum atomic E-state index is -0.530. The van der Waals surface area contributed by atoms with Crippen molar-refractivity contribution in [1.29, 1.82) is 0 Å². The van der Waals surface area contributed by atoms with Crippen LogP contribution in [0, 0.1) is 0 Å². The number of rotatable bonds is 4. The van der Waals surface area contributed by atoms with Crippen molar-refractivity contribution in [2.45, 2.75) is 45.8 Å². The smallest absolute Gasteiger partial charge is 0.410 e. The fourth-order valence-electron chi connectivity index (χ4n) is 3.08. The van der Waals surface area contributed by atoms with E-state index in [2.05, 4.69) is 6.58 Å². The van der Waals surface area contributed by atoms with Gasteiger partial charge >= 0.3 is 6.09 Å². The van der Waals surface area contributed by atoms with Gasteiger partial charge in [-0.2, -0.15) is 0 Å². The molecule has 0 aliphatic carbocycles. The molecule has 1 aromatic rings. The Labute approximate surface area is 161 Å². The monoisotopic (exact) mass is 374 g/mol. The second kappa shape index (κ2) is 8.46. The van der Waals surface area contributed by atoms with Crippen LogP contribution in [0.4, 0.5) is 4.79 Å². The molecule has 6 nitrogen and oxygen atoms in total. The van der Waals surface area contributed by atoms with Crippen LogP contribution in [0.25, 0.3) is 6.08 Å². The number of benzene rings is 1. The molecule has 0 radical (unpaired) electrons. The summed E-state index contributed by atoms with van der Waals surface area (Å²) in [5.74, 6) is 0.705. The maximum absolute atomic E-state index is 12.8. The maximum atomic E-state index is 12.8. The fraction of sp³-hybridized carbons (Fsp3) is 0.524. The first kappa shape index (κ1) is 20.8. The first-order chi connectivity index (χ1) is 12.6. The molecule has 2 rings (SSSR count). The van der Waals surface area contributed by atoms with Crippen LogP contribution in [-0.4, -0.2) is 60.2 Å². The SMILES string of the molecule is C=Cc1ccc(CC(=O)N2CCN(C(=O)OC(C)(C)C)[C@H](C)C2)c(OC)c1. The Balaban J connectivity index is 2.00. The van der Waals surface area contributed by atoms with Gasteiger partial charge in [0.15, 0.2) is 0 Å². The van der Waals surface area contributed by atoms with Gasteiger partial charge in [0.25, 0.3) is 0 Å². The molecular weight excluding hydrogens is 344 g/mol. The highest BCUT2D eigenvalue weighted by molar-refractivity contribution is 5.80. The van der Waals surface area contributed by atoms with E-state index in [0.717, 1.165) is 11.1 Å². The van der Waals surface area contributed by atoms with Gasteiger partial charge < -0.3 is 19.3 Å². The molecule has 148 valence electrons. The second-order valence-corrected chi connectivity index (χ2v) is 7.81. The lowest BCUT2D eigenvalue weighted by Crippen LogP contribution is -2.56. The Kier molecular flexibility index (Phi) is 6.52. The lowest BCUT2D eigenvalue weighted by Gasteiger charge is -2.40. The summed E-state index contributed by atoms with van der Waals surface area (Å²) in [5.41, 5.74) is 1.26. The van der Waals surface area contributed by atoms with E-state index in [-0.39, 0.29) is 24.5 Å². The number of carbonyl (C=O) groups is 2. The van der Waals surface area contributed by atoms with Gasteiger partial charge in [0.05, 0.1) is 13.5 Å². The molecule has 1 atom stereocenters. The van der Waals surface area contributed by atoms with Gasteiger partial charge in [-0.25, -0.2) is 4.79 Å². The van der Waals surface area contributed by atoms with Gasteiger partial charge in [0.1, 0.15) is 11.4 Å². The van der Waals surface area contributed by atoms with Gasteiger partial charge in [0.2, 0.25) is 5.91 Å². The number of hydrogen-bond acceptors (Lipinski definition) is 4. The fourth-order valence-corrected chi connectivity index (χ4v) is 3.08. The van der Waals surface area contributed by atoms with Crippen LogP contribution < -0.4 is 4.74 Å². The minimum Gasteiger partial charge on any atom is -0.496 e. The second-order valence-electron chi connectivity index (χ2n) is 7.81. The molecule has 1 aliphatic rings. The molecule has 0 unspecified atom stereocenters. The molecule has 0 N–H and O–H groups in total. The number of ether oxygens (including phenoxy) is 2. The zero-order valence-corrected chi connectivity index (χ0v) is 16.9. The Morgan fingerprint density at radius 2 is 2.00 bits per heavy atom. The number of carbonyl (C=O) groups excluding carboxylic acids is 2. The molecule has 27 heavy (non-hydrogen) atoms. The van der Waals surface area contributed by atoms with Crippen molar-refractivity contribution in [3.05, 3.63) is 35.9 Å². The Morgan fingerprint density at radius 3 is 2.56 bits per heavy atom. The molecule has 0 bridgehead atoms. The number of methoxy groups -OCH3 is 1. The molecule has 1 heterocycles. The molecule has 2 amide bonds. The summed E-state index contributed by atoms with van der Waals surface area (Å²) < 4.78 is 10.9. The van der Waals surface area contributed by atoms with Gasteiger partial charge in [0, 0.05) is 31.2 Å². The number of piperazine rings is 1. The van der Waals surface area contributed by atoms with Crippen LogP contribution in [0.2, 0.25) is 0 Å². The van der Waals surface area contributed by atoms with E-state index in [1.165, 1.54) is 0 Å². The Morgan fingerprint density at radius 1 is 1.30 bits per heavy atom. The van der Waals surface area contributed by atoms with E-state index in [1.54, 1.807) is 23.0 Å². The summed E-state index contributed by atoms with van der Waals surface area (Å²) in [4.78, 5) is 28.6. The van der Waals surface area contributed by atoms with Crippen LogP contribution in [0.3, 0.4) is 0 Å². The molecule has 0 aromatic heterocycles. The molecular formula is C21H30N2O4. The van der Waals surface area contributed by atoms with Crippen LogP contribution >= 0.6 is 0 Å². The van der Waals surface area contributed by atoms with Gasteiger partial charge in [-0.3, -0.25) is 4.79 Å². The zero-order valence-electron chi connectivity index (χ0n) is 16.9. The van der Waals surface area contributed by atoms with Crippen molar-refractivity contribution in [3.8, 4) is 5.75 Å². The summed E-state index contributed by atoms with van der Waals surface area (Å²) in [7, 11) is 1.60. The average molecular weight is 374 g/mol. The summed E-state index contributed by atoms with van der Waals surface area (Å²) >= 11 is 0. The highest BCUT2D eigenvalue weighted by atomic mass is 16.6. The molecule has 1 aromatic carbocycles. The Hall–Kier alpha value is -2.50. The summed E-state index contributed by atoms with van der Waals surface area (Å²) in [5, 5.41) is 0. The first-order valence-electron chi connectivity index (χ1n) is 9.21. The Bertz CT molecular complexity index is 709. The van der Waals surface area contributed by atoms with Gasteiger partial charge in [-0.05, 0) is 39.3 Å². The van der Waals surface area contributed by atoms with Crippen molar-refractivity contribution < 1.29 is 19.1 Å². The third kappa shape index (κ3) is 5.49. The van der Waals surface area contributed by atoms with E-state index in [4.69, 9.17) is 9.47 Å². The number of nitrogens with zero attached hydrogens (tertiary/aromatic N) is 2. The third-order valence-corrected chi connectivity index (χ3v) is 4.50. The normalized spacial score (nSPS) is 17.4. The highest BCUT2D eigenvalue weighted by Crippen LogP contribution is 2.23. The van der Waals surface area contributed by atoms with Crippen molar-refractivity contribution >= 4 is 18.1 Å². The van der Waals surface area contributed by atoms with Crippen molar-refractivity contribution in [2.75, 3.05) is 26.7 Å². The zero-order chi connectivity index (χ0) is 20.2. The lowest BCUT2D eigenvalue weighted by atomic mass is 10.1. The van der Waals surface area contributed by atoms with Crippen LogP contribution in [0.5, 0.6) is 5.75 Å². The van der Waals surface area contributed by atoms with Gasteiger partial charge in [-0.1, -0.05) is 24.8 Å². The topological polar surface area (TPSA) is 59.1 Å². The quantitative estimate of drug-likeness (QED) is 0.811. The van der Waals surface area contributed by atoms with Crippen molar-refractivity contribution in [1.82, 2.24) is 9.80 Å².